The number of anilines is 2. The summed E-state index contributed by atoms with van der Waals surface area (Å²) in [5, 5.41) is 33.7. The second-order valence-corrected chi connectivity index (χ2v) is 6.60. The largest absolute Gasteiger partial charge is 0.467 e. The number of nitriles is 1. The molecule has 0 aromatic heterocycles. The molecule has 2 aromatic rings. The molecule has 2 rings (SSSR count). The Morgan fingerprint density at radius 1 is 1.23 bits per heavy atom. The number of azo groups is 1. The van der Waals surface area contributed by atoms with Crippen molar-refractivity contribution in [1.82, 2.24) is 0 Å². The summed E-state index contributed by atoms with van der Waals surface area (Å²) in [6.45, 7) is 2.87. The maximum Gasteiger partial charge on any atom is 0.327 e. The SMILES string of the molecule is COC(=O)C(C)Nc1cc(NC(C)=O)c(N=Nc2ccc([N+](=O)[O-])cc2C#N)cc1Cl. The second-order valence-electron chi connectivity index (χ2n) is 6.19. The fourth-order valence-corrected chi connectivity index (χ4v) is 2.65. The summed E-state index contributed by atoms with van der Waals surface area (Å²) in [6.07, 6.45) is 0. The number of hydrogen-bond acceptors (Lipinski definition) is 9. The minimum Gasteiger partial charge on any atom is -0.467 e. The third kappa shape index (κ3) is 5.97. The average Bonchev–Trinajstić information content (AvgIpc) is 2.73. The van der Waals surface area contributed by atoms with E-state index in [4.69, 9.17) is 11.6 Å². The number of non-ortho nitro benzene ring substituents is 1. The van der Waals surface area contributed by atoms with Crippen molar-refractivity contribution in [2.45, 2.75) is 19.9 Å². The van der Waals surface area contributed by atoms with E-state index in [9.17, 15) is 25.0 Å². The lowest BCUT2D eigenvalue weighted by atomic mass is 10.2. The molecular weight excluding hydrogens is 428 g/mol. The zero-order chi connectivity index (χ0) is 23.1. The molecule has 0 fully saturated rings. The number of nitrogens with one attached hydrogen (secondary N) is 2. The summed E-state index contributed by atoms with van der Waals surface area (Å²) in [5.74, 6) is -0.901. The predicted octanol–water partition coefficient (Wildman–Crippen LogP) is 4.47. The Labute approximate surface area is 181 Å². The van der Waals surface area contributed by atoms with E-state index in [0.717, 1.165) is 6.07 Å². The van der Waals surface area contributed by atoms with E-state index >= 15 is 0 Å². The van der Waals surface area contributed by atoms with Gasteiger partial charge in [0.15, 0.2) is 0 Å². The number of carbonyl (C=O) groups is 2. The number of amides is 1. The predicted molar refractivity (Wildman–Crippen MR) is 113 cm³/mol. The maximum absolute atomic E-state index is 11.6. The average molecular weight is 445 g/mol. The van der Waals surface area contributed by atoms with Crippen LogP contribution in [0, 0.1) is 21.4 Å². The van der Waals surface area contributed by atoms with Crippen molar-refractivity contribution in [3.8, 4) is 6.07 Å². The van der Waals surface area contributed by atoms with Crippen molar-refractivity contribution >= 4 is 51.9 Å². The molecule has 12 heteroatoms. The molecule has 31 heavy (non-hydrogen) atoms. The maximum atomic E-state index is 11.6. The van der Waals surface area contributed by atoms with Crippen LogP contribution in [0.5, 0.6) is 0 Å². The number of nitrogens with zero attached hydrogens (tertiary/aromatic N) is 4. The van der Waals surface area contributed by atoms with E-state index in [-0.39, 0.29) is 33.3 Å². The van der Waals surface area contributed by atoms with E-state index < -0.39 is 22.8 Å². The van der Waals surface area contributed by atoms with Crippen LogP contribution in [0.2, 0.25) is 5.02 Å². The fraction of sp³-hybridized carbons (Fsp3) is 0.211. The van der Waals surface area contributed by atoms with Crippen LogP contribution in [-0.2, 0) is 14.3 Å². The normalized spacial score (nSPS) is 11.5. The summed E-state index contributed by atoms with van der Waals surface area (Å²) in [7, 11) is 1.25. The number of carbonyl (C=O) groups excluding carboxylic acids is 2. The molecule has 1 unspecified atom stereocenters. The van der Waals surface area contributed by atoms with Gasteiger partial charge in [0, 0.05) is 19.1 Å². The van der Waals surface area contributed by atoms with E-state index in [0.29, 0.717) is 5.69 Å². The molecule has 0 aliphatic heterocycles. The molecule has 160 valence electrons. The van der Waals surface area contributed by atoms with Crippen LogP contribution in [0.25, 0.3) is 0 Å². The highest BCUT2D eigenvalue weighted by Crippen LogP contribution is 2.36. The lowest BCUT2D eigenvalue weighted by Gasteiger charge is -2.16. The van der Waals surface area contributed by atoms with Crippen LogP contribution >= 0.6 is 11.6 Å². The van der Waals surface area contributed by atoms with Crippen LogP contribution in [0.15, 0.2) is 40.6 Å². The molecule has 1 amide bonds. The highest BCUT2D eigenvalue weighted by Gasteiger charge is 2.17. The van der Waals surface area contributed by atoms with Gasteiger partial charge in [0.2, 0.25) is 5.91 Å². The minimum absolute atomic E-state index is 0.0460. The number of ether oxygens (including phenoxy) is 1. The van der Waals surface area contributed by atoms with Crippen LogP contribution < -0.4 is 10.6 Å². The van der Waals surface area contributed by atoms with Gasteiger partial charge in [-0.3, -0.25) is 14.9 Å². The first kappa shape index (κ1) is 23.2. The molecule has 2 aromatic carbocycles. The second kappa shape index (κ2) is 10.1. The summed E-state index contributed by atoms with van der Waals surface area (Å²) in [6, 6.07) is 7.55. The lowest BCUT2D eigenvalue weighted by Crippen LogP contribution is -2.27. The van der Waals surface area contributed by atoms with Gasteiger partial charge in [-0.25, -0.2) is 4.79 Å². The van der Waals surface area contributed by atoms with E-state index in [1.807, 2.05) is 6.07 Å². The Morgan fingerprint density at radius 3 is 2.48 bits per heavy atom. The Bertz CT molecular complexity index is 1110. The third-order valence-electron chi connectivity index (χ3n) is 3.90. The number of methoxy groups -OCH3 is 1. The Hall–Kier alpha value is -4.04. The lowest BCUT2D eigenvalue weighted by molar-refractivity contribution is -0.384. The number of nitro benzene ring substituents is 1. The molecule has 0 bridgehead atoms. The zero-order valence-corrected chi connectivity index (χ0v) is 17.4. The molecule has 0 aliphatic carbocycles. The van der Waals surface area contributed by atoms with Gasteiger partial charge in [-0.05, 0) is 25.1 Å². The molecular formula is C19H17ClN6O5. The number of hydrogen-bond donors (Lipinski definition) is 2. The number of halogens is 1. The number of esters is 1. The van der Waals surface area contributed by atoms with Crippen LogP contribution in [0.4, 0.5) is 28.4 Å². The van der Waals surface area contributed by atoms with Gasteiger partial charge in [-0.1, -0.05) is 11.6 Å². The zero-order valence-electron chi connectivity index (χ0n) is 16.7. The Kier molecular flexibility index (Phi) is 7.59. The van der Waals surface area contributed by atoms with Gasteiger partial charge in [0.05, 0.1) is 34.0 Å². The molecule has 1 atom stereocenters. The highest BCUT2D eigenvalue weighted by molar-refractivity contribution is 6.33. The van der Waals surface area contributed by atoms with Crippen molar-refractivity contribution < 1.29 is 19.2 Å². The minimum atomic E-state index is -0.710. The number of benzene rings is 2. The van der Waals surface area contributed by atoms with Crippen LogP contribution in [-0.4, -0.2) is 30.0 Å². The quantitative estimate of drug-likeness (QED) is 0.275. The van der Waals surface area contributed by atoms with Crippen molar-refractivity contribution in [1.29, 1.82) is 5.26 Å². The first-order valence-electron chi connectivity index (χ1n) is 8.72. The van der Waals surface area contributed by atoms with Crippen molar-refractivity contribution in [3.63, 3.8) is 0 Å². The van der Waals surface area contributed by atoms with Gasteiger partial charge in [0.1, 0.15) is 23.5 Å². The first-order chi connectivity index (χ1) is 14.7. The van der Waals surface area contributed by atoms with E-state index in [2.05, 4.69) is 25.6 Å². The molecule has 0 heterocycles. The molecule has 0 aliphatic rings. The van der Waals surface area contributed by atoms with Crippen LogP contribution in [0.3, 0.4) is 0 Å². The molecule has 0 spiro atoms. The summed E-state index contributed by atoms with van der Waals surface area (Å²) in [4.78, 5) is 33.5. The molecule has 0 saturated heterocycles. The van der Waals surface area contributed by atoms with E-state index in [1.54, 1.807) is 6.92 Å². The van der Waals surface area contributed by atoms with Gasteiger partial charge in [0.25, 0.3) is 5.69 Å². The Morgan fingerprint density at radius 2 is 1.90 bits per heavy atom. The molecule has 11 nitrogen and oxygen atoms in total. The molecule has 2 N–H and O–H groups in total. The highest BCUT2D eigenvalue weighted by atomic mass is 35.5. The van der Waals surface area contributed by atoms with Gasteiger partial charge in [-0.2, -0.15) is 5.26 Å². The number of rotatable bonds is 7. The third-order valence-corrected chi connectivity index (χ3v) is 4.21. The van der Waals surface area contributed by atoms with Gasteiger partial charge < -0.3 is 15.4 Å². The van der Waals surface area contributed by atoms with Crippen molar-refractivity contribution in [2.24, 2.45) is 10.2 Å². The molecule has 0 saturated carbocycles. The van der Waals surface area contributed by atoms with Crippen molar-refractivity contribution in [3.05, 3.63) is 51.0 Å². The topological polar surface area (TPSA) is 159 Å². The van der Waals surface area contributed by atoms with Crippen molar-refractivity contribution in [2.75, 3.05) is 17.7 Å². The summed E-state index contributed by atoms with van der Waals surface area (Å²) in [5.41, 5.74) is 0.539. The number of nitro groups is 1. The molecule has 0 radical (unpaired) electrons. The fourth-order valence-electron chi connectivity index (χ4n) is 2.44. The monoisotopic (exact) mass is 444 g/mol. The first-order valence-corrected chi connectivity index (χ1v) is 9.09. The smallest absolute Gasteiger partial charge is 0.327 e. The van der Waals surface area contributed by atoms with E-state index in [1.165, 1.54) is 38.3 Å². The van der Waals surface area contributed by atoms with Gasteiger partial charge >= 0.3 is 5.97 Å². The summed E-state index contributed by atoms with van der Waals surface area (Å²) < 4.78 is 4.66. The van der Waals surface area contributed by atoms with Gasteiger partial charge in [-0.15, -0.1) is 10.2 Å². The van der Waals surface area contributed by atoms with Crippen LogP contribution in [0.1, 0.15) is 19.4 Å². The Balaban J connectivity index is 2.45. The standard InChI is InChI=1S/C19H17ClN6O5/c1-10(19(28)31-3)22-16-8-17(23-11(2)27)18(7-14(16)20)25-24-15-5-4-13(26(29)30)6-12(15)9-21/h4-8,10,22H,1-3H3,(H,23,27). The summed E-state index contributed by atoms with van der Waals surface area (Å²) >= 11 is 6.27.